The molecule has 0 radical (unpaired) electrons. The SMILES string of the molecule is COc1cccc2c1OCC(C(=O)Nc1cnc3c(c1)CC(N)CC3)C2. The first-order valence-electron chi connectivity index (χ1n) is 8.97. The largest absolute Gasteiger partial charge is 0.493 e. The first-order valence-corrected chi connectivity index (χ1v) is 8.97. The molecule has 1 aromatic heterocycles. The first kappa shape index (κ1) is 16.8. The molecule has 2 atom stereocenters. The highest BCUT2D eigenvalue weighted by molar-refractivity contribution is 5.93. The van der Waals surface area contributed by atoms with Gasteiger partial charge in [0.15, 0.2) is 11.5 Å². The molecule has 0 bridgehead atoms. The number of hydrogen-bond donors (Lipinski definition) is 2. The number of para-hydroxylation sites is 1. The van der Waals surface area contributed by atoms with Crippen LogP contribution in [0.15, 0.2) is 30.5 Å². The molecule has 4 rings (SSSR count). The number of methoxy groups -OCH3 is 1. The van der Waals surface area contributed by atoms with Crippen molar-refractivity contribution in [2.45, 2.75) is 31.7 Å². The molecular formula is C20H23N3O3. The maximum absolute atomic E-state index is 12.7. The molecular weight excluding hydrogens is 330 g/mol. The summed E-state index contributed by atoms with van der Waals surface area (Å²) in [5.41, 5.74) is 9.98. The zero-order chi connectivity index (χ0) is 18.1. The van der Waals surface area contributed by atoms with Gasteiger partial charge in [0.1, 0.15) is 6.61 Å². The molecule has 6 heteroatoms. The Morgan fingerprint density at radius 2 is 2.23 bits per heavy atom. The van der Waals surface area contributed by atoms with E-state index < -0.39 is 0 Å². The number of carbonyl (C=O) groups is 1. The lowest BCUT2D eigenvalue weighted by Crippen LogP contribution is -2.33. The van der Waals surface area contributed by atoms with Crippen LogP contribution in [0.5, 0.6) is 11.5 Å². The van der Waals surface area contributed by atoms with Crippen molar-refractivity contribution in [3.05, 3.63) is 47.3 Å². The summed E-state index contributed by atoms with van der Waals surface area (Å²) >= 11 is 0. The number of rotatable bonds is 3. The minimum atomic E-state index is -0.243. The fraction of sp³-hybridized carbons (Fsp3) is 0.400. The molecule has 26 heavy (non-hydrogen) atoms. The quantitative estimate of drug-likeness (QED) is 0.882. The second kappa shape index (κ2) is 6.96. The Labute approximate surface area is 152 Å². The minimum absolute atomic E-state index is 0.0553. The molecule has 1 aliphatic carbocycles. The number of benzene rings is 1. The molecule has 2 heterocycles. The average Bonchev–Trinajstić information content (AvgIpc) is 2.66. The molecule has 0 spiro atoms. The summed E-state index contributed by atoms with van der Waals surface area (Å²) in [6.07, 6.45) is 5.04. The predicted molar refractivity (Wildman–Crippen MR) is 98.6 cm³/mol. The van der Waals surface area contributed by atoms with E-state index in [2.05, 4.69) is 10.3 Å². The van der Waals surface area contributed by atoms with Crippen LogP contribution in [0.2, 0.25) is 0 Å². The maximum atomic E-state index is 12.7. The van der Waals surface area contributed by atoms with Crippen LogP contribution in [0.3, 0.4) is 0 Å². The number of anilines is 1. The number of fused-ring (bicyclic) bond motifs is 2. The normalized spacial score (nSPS) is 21.2. The van der Waals surface area contributed by atoms with Gasteiger partial charge in [-0.25, -0.2) is 0 Å². The van der Waals surface area contributed by atoms with Crippen LogP contribution < -0.4 is 20.5 Å². The number of aryl methyl sites for hydroxylation is 1. The Kier molecular flexibility index (Phi) is 4.51. The Bertz CT molecular complexity index is 837. The summed E-state index contributed by atoms with van der Waals surface area (Å²) in [5.74, 6) is 1.15. The van der Waals surface area contributed by atoms with E-state index in [1.165, 1.54) is 0 Å². The van der Waals surface area contributed by atoms with Crippen LogP contribution in [-0.4, -0.2) is 30.6 Å². The van der Waals surface area contributed by atoms with Crippen LogP contribution in [-0.2, 0) is 24.1 Å². The fourth-order valence-electron chi connectivity index (χ4n) is 3.68. The summed E-state index contributed by atoms with van der Waals surface area (Å²) in [7, 11) is 1.62. The lowest BCUT2D eigenvalue weighted by Gasteiger charge is -2.26. The van der Waals surface area contributed by atoms with Gasteiger partial charge < -0.3 is 20.5 Å². The zero-order valence-corrected chi connectivity index (χ0v) is 14.8. The molecule has 3 N–H and O–H groups in total. The maximum Gasteiger partial charge on any atom is 0.231 e. The van der Waals surface area contributed by atoms with Crippen LogP contribution >= 0.6 is 0 Å². The van der Waals surface area contributed by atoms with Gasteiger partial charge >= 0.3 is 0 Å². The van der Waals surface area contributed by atoms with Crippen molar-refractivity contribution in [3.63, 3.8) is 0 Å². The number of pyridine rings is 1. The van der Waals surface area contributed by atoms with Gasteiger partial charge in [0.05, 0.1) is 24.9 Å². The minimum Gasteiger partial charge on any atom is -0.493 e. The molecule has 2 aromatic rings. The molecule has 1 amide bonds. The standard InChI is InChI=1S/C20H23N3O3/c1-25-18-4-2-3-12-7-14(11-26-19(12)18)20(24)23-16-9-13-8-15(21)5-6-17(13)22-10-16/h2-4,9-10,14-15H,5-8,11,21H2,1H3,(H,23,24). The zero-order valence-electron chi connectivity index (χ0n) is 14.8. The summed E-state index contributed by atoms with van der Waals surface area (Å²) in [6, 6.07) is 7.92. The van der Waals surface area contributed by atoms with E-state index in [1.54, 1.807) is 13.3 Å². The van der Waals surface area contributed by atoms with Gasteiger partial charge in [0.2, 0.25) is 5.91 Å². The van der Waals surface area contributed by atoms with E-state index in [0.717, 1.165) is 47.5 Å². The lowest BCUT2D eigenvalue weighted by molar-refractivity contribution is -0.121. The lowest BCUT2D eigenvalue weighted by atomic mass is 9.92. The molecule has 136 valence electrons. The Morgan fingerprint density at radius 3 is 3.08 bits per heavy atom. The number of nitrogens with zero attached hydrogens (tertiary/aromatic N) is 1. The third-order valence-corrected chi connectivity index (χ3v) is 5.11. The van der Waals surface area contributed by atoms with Crippen molar-refractivity contribution in [1.29, 1.82) is 0 Å². The molecule has 2 unspecified atom stereocenters. The highest BCUT2D eigenvalue weighted by atomic mass is 16.5. The van der Waals surface area contributed by atoms with Crippen molar-refractivity contribution in [2.24, 2.45) is 11.7 Å². The molecule has 6 nitrogen and oxygen atoms in total. The average molecular weight is 353 g/mol. The number of ether oxygens (including phenoxy) is 2. The van der Waals surface area contributed by atoms with Gasteiger partial charge in [-0.1, -0.05) is 12.1 Å². The topological polar surface area (TPSA) is 86.5 Å². The van der Waals surface area contributed by atoms with Crippen molar-refractivity contribution in [3.8, 4) is 11.5 Å². The van der Waals surface area contributed by atoms with Crippen molar-refractivity contribution >= 4 is 11.6 Å². The summed E-state index contributed by atoms with van der Waals surface area (Å²) < 4.78 is 11.1. The number of amides is 1. The van der Waals surface area contributed by atoms with E-state index >= 15 is 0 Å². The van der Waals surface area contributed by atoms with Crippen LogP contribution in [0.1, 0.15) is 23.2 Å². The molecule has 0 saturated heterocycles. The van der Waals surface area contributed by atoms with Gasteiger partial charge in [-0.05, 0) is 48.9 Å². The molecule has 0 saturated carbocycles. The third-order valence-electron chi connectivity index (χ3n) is 5.11. The first-order chi connectivity index (χ1) is 12.6. The van der Waals surface area contributed by atoms with Gasteiger partial charge in [-0.2, -0.15) is 0 Å². The monoisotopic (exact) mass is 353 g/mol. The number of hydrogen-bond acceptors (Lipinski definition) is 5. The van der Waals surface area contributed by atoms with Gasteiger partial charge in [-0.15, -0.1) is 0 Å². The van der Waals surface area contributed by atoms with Crippen LogP contribution in [0, 0.1) is 5.92 Å². The highest BCUT2D eigenvalue weighted by Gasteiger charge is 2.28. The van der Waals surface area contributed by atoms with Crippen LogP contribution in [0.25, 0.3) is 0 Å². The molecule has 1 aliphatic heterocycles. The molecule has 2 aliphatic rings. The van der Waals surface area contributed by atoms with E-state index in [4.69, 9.17) is 15.2 Å². The summed E-state index contributed by atoms with van der Waals surface area (Å²) in [6.45, 7) is 0.336. The number of aromatic nitrogens is 1. The number of carbonyl (C=O) groups excluding carboxylic acids is 1. The second-order valence-electron chi connectivity index (χ2n) is 6.98. The Hall–Kier alpha value is -2.60. The second-order valence-corrected chi connectivity index (χ2v) is 6.98. The van der Waals surface area contributed by atoms with Gasteiger partial charge in [-0.3, -0.25) is 9.78 Å². The van der Waals surface area contributed by atoms with E-state index in [1.807, 2.05) is 24.3 Å². The smallest absolute Gasteiger partial charge is 0.231 e. The third kappa shape index (κ3) is 3.24. The Balaban J connectivity index is 1.47. The van der Waals surface area contributed by atoms with Crippen molar-refractivity contribution in [2.75, 3.05) is 19.0 Å². The van der Waals surface area contributed by atoms with E-state index in [9.17, 15) is 4.79 Å². The number of nitrogens with two attached hydrogens (primary N) is 1. The Morgan fingerprint density at radius 1 is 1.35 bits per heavy atom. The molecule has 1 aromatic carbocycles. The van der Waals surface area contributed by atoms with Crippen molar-refractivity contribution < 1.29 is 14.3 Å². The summed E-state index contributed by atoms with van der Waals surface area (Å²) in [4.78, 5) is 17.2. The van der Waals surface area contributed by atoms with E-state index in [0.29, 0.717) is 18.8 Å². The van der Waals surface area contributed by atoms with Crippen LogP contribution in [0.4, 0.5) is 5.69 Å². The van der Waals surface area contributed by atoms with Crippen molar-refractivity contribution in [1.82, 2.24) is 4.98 Å². The summed E-state index contributed by atoms with van der Waals surface area (Å²) in [5, 5.41) is 2.98. The highest BCUT2D eigenvalue weighted by Crippen LogP contribution is 2.36. The predicted octanol–water partition coefficient (Wildman–Crippen LogP) is 2.10. The number of nitrogens with one attached hydrogen (secondary N) is 1. The van der Waals surface area contributed by atoms with Gasteiger partial charge in [0, 0.05) is 11.7 Å². The molecule has 0 fully saturated rings. The fourth-order valence-corrected chi connectivity index (χ4v) is 3.68. The van der Waals surface area contributed by atoms with Gasteiger partial charge in [0.25, 0.3) is 0 Å². The van der Waals surface area contributed by atoms with E-state index in [-0.39, 0.29) is 17.9 Å².